The summed E-state index contributed by atoms with van der Waals surface area (Å²) in [4.78, 5) is 12.2. The van der Waals surface area contributed by atoms with Crippen molar-refractivity contribution in [3.63, 3.8) is 0 Å². The van der Waals surface area contributed by atoms with E-state index in [1.807, 2.05) is 38.2 Å². The van der Waals surface area contributed by atoms with Crippen molar-refractivity contribution in [1.29, 1.82) is 0 Å². The van der Waals surface area contributed by atoms with Crippen molar-refractivity contribution in [1.82, 2.24) is 15.1 Å². The number of carbonyl (C=O) groups is 1. The Balaban J connectivity index is 0.00000220. The lowest BCUT2D eigenvalue weighted by atomic mass is 10.2. The number of benzene rings is 1. The Morgan fingerprint density at radius 2 is 2.14 bits per heavy atom. The first kappa shape index (κ1) is 17.2. The maximum atomic E-state index is 12.2. The number of halogens is 1. The number of hydrogen-bond acceptors (Lipinski definition) is 3. The third-order valence-corrected chi connectivity index (χ3v) is 3.24. The van der Waals surface area contributed by atoms with E-state index in [1.165, 1.54) is 0 Å². The molecule has 0 fully saturated rings. The molecule has 2 aromatic rings. The molecule has 1 amide bonds. The molecule has 0 atom stereocenters. The van der Waals surface area contributed by atoms with Crippen LogP contribution in [-0.2, 0) is 13.6 Å². The first-order valence-electron chi connectivity index (χ1n) is 6.71. The Labute approximate surface area is 131 Å². The van der Waals surface area contributed by atoms with Crippen LogP contribution < -0.4 is 10.6 Å². The normalized spacial score (nSPS) is 10.0. The summed E-state index contributed by atoms with van der Waals surface area (Å²) < 4.78 is 1.69. The standard InChI is InChI=1S/C15H20N4O.ClH/c1-4-16-9-12-6-5-7-13(8-12)18-15(20)14-10-17-19(3)11(14)2;/h5-8,10,16H,4,9H2,1-3H3,(H,18,20);1H. The van der Waals surface area contributed by atoms with Gasteiger partial charge in [0.25, 0.3) is 5.91 Å². The number of nitrogens with zero attached hydrogens (tertiary/aromatic N) is 2. The predicted molar refractivity (Wildman–Crippen MR) is 87.0 cm³/mol. The lowest BCUT2D eigenvalue weighted by Gasteiger charge is -2.07. The van der Waals surface area contributed by atoms with Gasteiger partial charge in [0.1, 0.15) is 0 Å². The smallest absolute Gasteiger partial charge is 0.259 e. The molecule has 0 saturated heterocycles. The highest BCUT2D eigenvalue weighted by Crippen LogP contribution is 2.13. The van der Waals surface area contributed by atoms with Gasteiger partial charge >= 0.3 is 0 Å². The van der Waals surface area contributed by atoms with E-state index in [0.717, 1.165) is 30.0 Å². The number of amides is 1. The van der Waals surface area contributed by atoms with Gasteiger partial charge in [0.2, 0.25) is 0 Å². The van der Waals surface area contributed by atoms with Crippen molar-refractivity contribution >= 4 is 24.0 Å². The third-order valence-electron chi connectivity index (χ3n) is 3.24. The molecule has 6 heteroatoms. The molecule has 21 heavy (non-hydrogen) atoms. The van der Waals surface area contributed by atoms with Crippen LogP contribution >= 0.6 is 12.4 Å². The fourth-order valence-electron chi connectivity index (χ4n) is 1.95. The van der Waals surface area contributed by atoms with E-state index < -0.39 is 0 Å². The third kappa shape index (κ3) is 4.31. The average Bonchev–Trinajstić information content (AvgIpc) is 2.77. The number of aryl methyl sites for hydroxylation is 1. The molecule has 0 unspecified atom stereocenters. The fourth-order valence-corrected chi connectivity index (χ4v) is 1.95. The minimum atomic E-state index is -0.129. The van der Waals surface area contributed by atoms with Crippen LogP contribution in [-0.4, -0.2) is 22.2 Å². The first-order valence-corrected chi connectivity index (χ1v) is 6.71. The number of hydrogen-bond donors (Lipinski definition) is 2. The number of aromatic nitrogens is 2. The molecule has 0 saturated carbocycles. The zero-order valence-electron chi connectivity index (χ0n) is 12.5. The number of rotatable bonds is 5. The van der Waals surface area contributed by atoms with E-state index in [0.29, 0.717) is 5.56 Å². The number of nitrogens with one attached hydrogen (secondary N) is 2. The van der Waals surface area contributed by atoms with Crippen LogP contribution in [0.25, 0.3) is 0 Å². The first-order chi connectivity index (χ1) is 9.61. The highest BCUT2D eigenvalue weighted by atomic mass is 35.5. The summed E-state index contributed by atoms with van der Waals surface area (Å²) in [5.74, 6) is -0.129. The van der Waals surface area contributed by atoms with E-state index in [9.17, 15) is 4.79 Å². The second-order valence-electron chi connectivity index (χ2n) is 4.70. The fraction of sp³-hybridized carbons (Fsp3) is 0.333. The zero-order valence-corrected chi connectivity index (χ0v) is 13.3. The second kappa shape index (κ2) is 7.81. The summed E-state index contributed by atoms with van der Waals surface area (Å²) in [5.41, 5.74) is 3.40. The topological polar surface area (TPSA) is 58.9 Å². The van der Waals surface area contributed by atoms with Crippen LogP contribution in [0.5, 0.6) is 0 Å². The van der Waals surface area contributed by atoms with Gasteiger partial charge in [-0.3, -0.25) is 9.48 Å². The highest BCUT2D eigenvalue weighted by Gasteiger charge is 2.12. The summed E-state index contributed by atoms with van der Waals surface area (Å²) >= 11 is 0. The molecule has 0 bridgehead atoms. The average molecular weight is 309 g/mol. The van der Waals surface area contributed by atoms with E-state index in [2.05, 4.69) is 22.7 Å². The largest absolute Gasteiger partial charge is 0.322 e. The Bertz CT molecular complexity index is 609. The maximum absolute atomic E-state index is 12.2. The Kier molecular flexibility index (Phi) is 6.39. The molecule has 1 aromatic carbocycles. The van der Waals surface area contributed by atoms with E-state index in [-0.39, 0.29) is 18.3 Å². The molecule has 0 aliphatic carbocycles. The van der Waals surface area contributed by atoms with Gasteiger partial charge in [0.05, 0.1) is 11.8 Å². The zero-order chi connectivity index (χ0) is 14.5. The molecule has 0 aliphatic heterocycles. The molecule has 0 spiro atoms. The summed E-state index contributed by atoms with van der Waals surface area (Å²) in [6.45, 7) is 5.66. The van der Waals surface area contributed by atoms with Gasteiger partial charge in [0, 0.05) is 25.0 Å². The second-order valence-corrected chi connectivity index (χ2v) is 4.70. The molecule has 114 valence electrons. The maximum Gasteiger partial charge on any atom is 0.259 e. The molecule has 2 N–H and O–H groups in total. The van der Waals surface area contributed by atoms with E-state index >= 15 is 0 Å². The Morgan fingerprint density at radius 1 is 1.38 bits per heavy atom. The van der Waals surface area contributed by atoms with Crippen molar-refractivity contribution < 1.29 is 4.79 Å². The summed E-state index contributed by atoms with van der Waals surface area (Å²) in [5, 5.41) is 10.3. The number of anilines is 1. The Morgan fingerprint density at radius 3 is 2.76 bits per heavy atom. The van der Waals surface area contributed by atoms with Gasteiger partial charge < -0.3 is 10.6 Å². The molecule has 5 nitrogen and oxygen atoms in total. The minimum Gasteiger partial charge on any atom is -0.322 e. The quantitative estimate of drug-likeness (QED) is 0.892. The van der Waals surface area contributed by atoms with Crippen LogP contribution in [0, 0.1) is 6.92 Å². The monoisotopic (exact) mass is 308 g/mol. The lowest BCUT2D eigenvalue weighted by molar-refractivity contribution is 0.102. The van der Waals surface area contributed by atoms with Crippen molar-refractivity contribution in [2.24, 2.45) is 7.05 Å². The van der Waals surface area contributed by atoms with Crippen LogP contribution in [0.3, 0.4) is 0 Å². The van der Waals surface area contributed by atoms with Gasteiger partial charge in [-0.05, 0) is 31.2 Å². The molecule has 1 aromatic heterocycles. The van der Waals surface area contributed by atoms with Crippen LogP contribution in [0.2, 0.25) is 0 Å². The molecule has 1 heterocycles. The summed E-state index contributed by atoms with van der Waals surface area (Å²) in [6.07, 6.45) is 1.59. The van der Waals surface area contributed by atoms with Gasteiger partial charge in [0.15, 0.2) is 0 Å². The summed E-state index contributed by atoms with van der Waals surface area (Å²) in [7, 11) is 1.82. The van der Waals surface area contributed by atoms with Gasteiger partial charge in [-0.1, -0.05) is 19.1 Å². The van der Waals surface area contributed by atoms with E-state index in [1.54, 1.807) is 10.9 Å². The van der Waals surface area contributed by atoms with Gasteiger partial charge in [-0.25, -0.2) is 0 Å². The minimum absolute atomic E-state index is 0. The van der Waals surface area contributed by atoms with Crippen molar-refractivity contribution in [2.45, 2.75) is 20.4 Å². The van der Waals surface area contributed by atoms with Crippen LogP contribution in [0.15, 0.2) is 30.5 Å². The van der Waals surface area contributed by atoms with Gasteiger partial charge in [-0.2, -0.15) is 5.10 Å². The molecular weight excluding hydrogens is 288 g/mol. The lowest BCUT2D eigenvalue weighted by Crippen LogP contribution is -2.14. The highest BCUT2D eigenvalue weighted by molar-refractivity contribution is 6.04. The number of carbonyl (C=O) groups excluding carboxylic acids is 1. The molecular formula is C15H21ClN4O. The molecule has 0 radical (unpaired) electrons. The van der Waals surface area contributed by atoms with Crippen LogP contribution in [0.1, 0.15) is 28.5 Å². The van der Waals surface area contributed by atoms with Gasteiger partial charge in [-0.15, -0.1) is 12.4 Å². The van der Waals surface area contributed by atoms with Crippen molar-refractivity contribution in [3.05, 3.63) is 47.3 Å². The van der Waals surface area contributed by atoms with E-state index in [4.69, 9.17) is 0 Å². The summed E-state index contributed by atoms with van der Waals surface area (Å²) in [6, 6.07) is 7.84. The Hall–Kier alpha value is -1.85. The predicted octanol–water partition coefficient (Wildman–Crippen LogP) is 2.51. The van der Waals surface area contributed by atoms with Crippen LogP contribution in [0.4, 0.5) is 5.69 Å². The molecule has 0 aliphatic rings. The molecule has 2 rings (SSSR count). The van der Waals surface area contributed by atoms with Crippen molar-refractivity contribution in [3.8, 4) is 0 Å². The SMILES string of the molecule is CCNCc1cccc(NC(=O)c2cnn(C)c2C)c1.Cl. The van der Waals surface area contributed by atoms with Crippen molar-refractivity contribution in [2.75, 3.05) is 11.9 Å².